The summed E-state index contributed by atoms with van der Waals surface area (Å²) in [6, 6.07) is 0. The summed E-state index contributed by atoms with van der Waals surface area (Å²) < 4.78 is 37.3. The highest BCUT2D eigenvalue weighted by Crippen LogP contribution is 2.43. The van der Waals surface area contributed by atoms with E-state index in [9.17, 15) is 13.2 Å². The standard InChI is InChI=1S/C8H8ClF3N2/c9-6-3-13-14(4-8(10,11)12)7(6)5-1-2-5/h3,5H,1-2,4H2. The predicted octanol–water partition coefficient (Wildman–Crippen LogP) is 2.98. The highest BCUT2D eigenvalue weighted by atomic mass is 35.5. The minimum atomic E-state index is -4.24. The third kappa shape index (κ3) is 2.03. The molecule has 0 bridgehead atoms. The highest BCUT2D eigenvalue weighted by molar-refractivity contribution is 6.31. The molecule has 0 aliphatic heterocycles. The normalized spacial score (nSPS) is 17.4. The van der Waals surface area contributed by atoms with E-state index in [0.29, 0.717) is 10.7 Å². The van der Waals surface area contributed by atoms with Crippen LogP contribution in [0.1, 0.15) is 24.5 Å². The van der Waals surface area contributed by atoms with Crippen LogP contribution in [-0.2, 0) is 6.54 Å². The van der Waals surface area contributed by atoms with Crippen LogP contribution in [0.4, 0.5) is 13.2 Å². The maximum absolute atomic E-state index is 12.1. The lowest BCUT2D eigenvalue weighted by atomic mass is 10.3. The van der Waals surface area contributed by atoms with Gasteiger partial charge in [-0.1, -0.05) is 11.6 Å². The Hall–Kier alpha value is -0.710. The van der Waals surface area contributed by atoms with Gasteiger partial charge in [0.15, 0.2) is 0 Å². The van der Waals surface area contributed by atoms with E-state index < -0.39 is 12.7 Å². The zero-order chi connectivity index (χ0) is 10.3. The molecule has 0 amide bonds. The van der Waals surface area contributed by atoms with Crippen molar-refractivity contribution >= 4 is 11.6 Å². The van der Waals surface area contributed by atoms with Crippen LogP contribution in [0.2, 0.25) is 5.02 Å². The molecule has 6 heteroatoms. The summed E-state index contributed by atoms with van der Waals surface area (Å²) in [7, 11) is 0. The summed E-state index contributed by atoms with van der Waals surface area (Å²) in [4.78, 5) is 0. The molecule has 0 aromatic carbocycles. The molecule has 1 aromatic rings. The number of halogens is 4. The second-order valence-corrected chi connectivity index (χ2v) is 3.83. The lowest BCUT2D eigenvalue weighted by Crippen LogP contribution is -2.20. The first kappa shape index (κ1) is 9.83. The largest absolute Gasteiger partial charge is 0.408 e. The smallest absolute Gasteiger partial charge is 0.259 e. The fraction of sp³-hybridized carbons (Fsp3) is 0.625. The van der Waals surface area contributed by atoms with Gasteiger partial charge >= 0.3 is 6.18 Å². The van der Waals surface area contributed by atoms with Crippen LogP contribution in [0, 0.1) is 0 Å². The summed E-state index contributed by atoms with van der Waals surface area (Å²) in [5.74, 6) is 0.173. The van der Waals surface area contributed by atoms with Gasteiger partial charge in [-0.25, -0.2) is 0 Å². The molecule has 1 fully saturated rings. The number of hydrogen-bond donors (Lipinski definition) is 0. The predicted molar refractivity (Wildman–Crippen MR) is 45.3 cm³/mol. The van der Waals surface area contributed by atoms with E-state index in [1.54, 1.807) is 0 Å². The van der Waals surface area contributed by atoms with E-state index in [1.807, 2.05) is 0 Å². The van der Waals surface area contributed by atoms with Gasteiger partial charge in [0.2, 0.25) is 0 Å². The summed E-state index contributed by atoms with van der Waals surface area (Å²) in [6.07, 6.45) is -1.15. The Bertz CT molecular complexity index is 341. The molecule has 14 heavy (non-hydrogen) atoms. The first-order valence-electron chi connectivity index (χ1n) is 4.25. The lowest BCUT2D eigenvalue weighted by molar-refractivity contribution is -0.143. The Labute approximate surface area is 83.7 Å². The lowest BCUT2D eigenvalue weighted by Gasteiger charge is -2.09. The number of aromatic nitrogens is 2. The van der Waals surface area contributed by atoms with Crippen molar-refractivity contribution in [2.75, 3.05) is 0 Å². The molecule has 0 N–H and O–H groups in total. The first-order chi connectivity index (χ1) is 6.47. The van der Waals surface area contributed by atoms with E-state index in [-0.39, 0.29) is 5.92 Å². The summed E-state index contributed by atoms with van der Waals surface area (Å²) in [6.45, 7) is -1.05. The molecule has 0 radical (unpaired) electrons. The van der Waals surface area contributed by atoms with Crippen LogP contribution in [-0.4, -0.2) is 16.0 Å². The van der Waals surface area contributed by atoms with Crippen molar-refractivity contribution in [1.82, 2.24) is 9.78 Å². The van der Waals surface area contributed by atoms with Crippen molar-refractivity contribution in [1.29, 1.82) is 0 Å². The quantitative estimate of drug-likeness (QED) is 0.755. The number of alkyl halides is 3. The van der Waals surface area contributed by atoms with Crippen molar-refractivity contribution in [2.24, 2.45) is 0 Å². The van der Waals surface area contributed by atoms with Crippen LogP contribution < -0.4 is 0 Å². The van der Waals surface area contributed by atoms with Gasteiger partial charge in [-0.3, -0.25) is 4.68 Å². The summed E-state index contributed by atoms with van der Waals surface area (Å²) >= 11 is 5.76. The maximum atomic E-state index is 12.1. The van der Waals surface area contributed by atoms with E-state index in [1.165, 1.54) is 6.20 Å². The minimum Gasteiger partial charge on any atom is -0.259 e. The third-order valence-corrected chi connectivity index (χ3v) is 2.42. The maximum Gasteiger partial charge on any atom is 0.408 e. The summed E-state index contributed by atoms with van der Waals surface area (Å²) in [5.41, 5.74) is 0.531. The molecule has 0 saturated heterocycles. The highest BCUT2D eigenvalue weighted by Gasteiger charge is 2.35. The third-order valence-electron chi connectivity index (χ3n) is 2.13. The Morgan fingerprint density at radius 1 is 1.50 bits per heavy atom. The molecule has 0 atom stereocenters. The Kier molecular flexibility index (Phi) is 2.21. The Morgan fingerprint density at radius 2 is 2.14 bits per heavy atom. The van der Waals surface area contributed by atoms with Crippen molar-refractivity contribution in [3.63, 3.8) is 0 Å². The molecule has 1 aliphatic carbocycles. The van der Waals surface area contributed by atoms with E-state index >= 15 is 0 Å². The van der Waals surface area contributed by atoms with Crippen LogP contribution in [0.3, 0.4) is 0 Å². The molecule has 1 saturated carbocycles. The average molecular weight is 225 g/mol. The molecule has 2 nitrogen and oxygen atoms in total. The van der Waals surface area contributed by atoms with Gasteiger partial charge in [0, 0.05) is 5.92 Å². The van der Waals surface area contributed by atoms with Gasteiger partial charge in [0.05, 0.1) is 16.9 Å². The van der Waals surface area contributed by atoms with E-state index in [4.69, 9.17) is 11.6 Å². The fourth-order valence-electron chi connectivity index (χ4n) is 1.43. The molecule has 1 heterocycles. The van der Waals surface area contributed by atoms with Crippen molar-refractivity contribution in [2.45, 2.75) is 31.5 Å². The molecule has 78 valence electrons. The van der Waals surface area contributed by atoms with E-state index in [0.717, 1.165) is 17.5 Å². The topological polar surface area (TPSA) is 17.8 Å². The molecule has 0 spiro atoms. The van der Waals surface area contributed by atoms with Gasteiger partial charge in [-0.2, -0.15) is 18.3 Å². The monoisotopic (exact) mass is 224 g/mol. The molecule has 0 unspecified atom stereocenters. The van der Waals surface area contributed by atoms with Gasteiger partial charge in [-0.15, -0.1) is 0 Å². The molecule has 1 aliphatic rings. The van der Waals surface area contributed by atoms with Gasteiger partial charge in [0.25, 0.3) is 0 Å². The zero-order valence-electron chi connectivity index (χ0n) is 7.18. The average Bonchev–Trinajstić information content (AvgIpc) is 2.77. The van der Waals surface area contributed by atoms with Crippen LogP contribution >= 0.6 is 11.6 Å². The van der Waals surface area contributed by atoms with E-state index in [2.05, 4.69) is 5.10 Å². The molecular weight excluding hydrogens is 217 g/mol. The Balaban J connectivity index is 2.24. The number of hydrogen-bond acceptors (Lipinski definition) is 1. The Morgan fingerprint density at radius 3 is 2.64 bits per heavy atom. The van der Waals surface area contributed by atoms with Gasteiger partial charge < -0.3 is 0 Å². The van der Waals surface area contributed by atoms with Gasteiger partial charge in [0.1, 0.15) is 6.54 Å². The van der Waals surface area contributed by atoms with Crippen molar-refractivity contribution < 1.29 is 13.2 Å². The van der Waals surface area contributed by atoms with Crippen LogP contribution in [0.5, 0.6) is 0 Å². The molecular formula is C8H8ClF3N2. The van der Waals surface area contributed by atoms with Crippen LogP contribution in [0.25, 0.3) is 0 Å². The zero-order valence-corrected chi connectivity index (χ0v) is 7.94. The summed E-state index contributed by atoms with van der Waals surface area (Å²) in [5, 5.41) is 3.97. The molecule has 2 rings (SSSR count). The van der Waals surface area contributed by atoms with Crippen molar-refractivity contribution in [3.05, 3.63) is 16.9 Å². The molecule has 1 aromatic heterocycles. The number of rotatable bonds is 2. The van der Waals surface area contributed by atoms with Gasteiger partial charge in [-0.05, 0) is 12.8 Å². The first-order valence-corrected chi connectivity index (χ1v) is 4.63. The SMILES string of the molecule is FC(F)(F)Cn1ncc(Cl)c1C1CC1. The second kappa shape index (κ2) is 3.15. The van der Waals surface area contributed by atoms with Crippen molar-refractivity contribution in [3.8, 4) is 0 Å². The minimum absolute atomic E-state index is 0.173. The fourth-order valence-corrected chi connectivity index (χ4v) is 1.73. The van der Waals surface area contributed by atoms with Crippen LogP contribution in [0.15, 0.2) is 6.20 Å². The number of nitrogens with zero attached hydrogens (tertiary/aromatic N) is 2. The second-order valence-electron chi connectivity index (χ2n) is 3.42.